The Morgan fingerprint density at radius 3 is 2.35 bits per heavy atom. The van der Waals surface area contributed by atoms with Crippen molar-refractivity contribution in [2.75, 3.05) is 6.61 Å². The minimum atomic E-state index is -0.439. The maximum Gasteiger partial charge on any atom is 0.352 e. The Labute approximate surface area is 110 Å². The van der Waals surface area contributed by atoms with Crippen LogP contribution in [0.4, 0.5) is 5.69 Å². The van der Waals surface area contributed by atoms with Crippen LogP contribution in [-0.2, 0) is 9.53 Å². The normalized spacial score (nSPS) is 11.4. The summed E-state index contributed by atoms with van der Waals surface area (Å²) >= 11 is 11.9. The molecule has 0 aliphatic carbocycles. The van der Waals surface area contributed by atoms with E-state index in [9.17, 15) is 4.79 Å². The van der Waals surface area contributed by atoms with Crippen LogP contribution in [0.1, 0.15) is 20.3 Å². The van der Waals surface area contributed by atoms with E-state index >= 15 is 0 Å². The van der Waals surface area contributed by atoms with E-state index < -0.39 is 5.97 Å². The topological polar surface area (TPSA) is 38.7 Å². The van der Waals surface area contributed by atoms with Crippen LogP contribution in [0, 0.1) is 0 Å². The highest BCUT2D eigenvalue weighted by Crippen LogP contribution is 2.32. The molecule has 5 heteroatoms. The van der Waals surface area contributed by atoms with Gasteiger partial charge in [-0.15, -0.1) is 0 Å². The lowest BCUT2D eigenvalue weighted by Gasteiger charge is -2.05. The molecule has 1 aromatic carbocycles. The van der Waals surface area contributed by atoms with Crippen molar-refractivity contribution in [3.8, 4) is 0 Å². The number of halogens is 2. The fourth-order valence-electron chi connectivity index (χ4n) is 1.21. The van der Waals surface area contributed by atoms with Crippen molar-refractivity contribution >= 4 is 40.6 Å². The van der Waals surface area contributed by atoms with Crippen molar-refractivity contribution in [1.82, 2.24) is 0 Å². The molecule has 0 bridgehead atoms. The van der Waals surface area contributed by atoms with Gasteiger partial charge in [-0.25, -0.2) is 9.79 Å². The van der Waals surface area contributed by atoms with E-state index in [-0.39, 0.29) is 0 Å². The molecule has 0 amide bonds. The lowest BCUT2D eigenvalue weighted by Crippen LogP contribution is -2.16. The van der Waals surface area contributed by atoms with Gasteiger partial charge in [0.05, 0.1) is 16.7 Å². The summed E-state index contributed by atoms with van der Waals surface area (Å²) in [5.74, 6) is -0.439. The monoisotopic (exact) mass is 273 g/mol. The highest BCUT2D eigenvalue weighted by molar-refractivity contribution is 6.41. The summed E-state index contributed by atoms with van der Waals surface area (Å²) in [5, 5.41) is 0.820. The zero-order chi connectivity index (χ0) is 12.8. The fourth-order valence-corrected chi connectivity index (χ4v) is 1.70. The lowest BCUT2D eigenvalue weighted by atomic mass is 10.2. The number of hydrogen-bond donors (Lipinski definition) is 0. The predicted octanol–water partition coefficient (Wildman–Crippen LogP) is 4.04. The average Bonchev–Trinajstić information content (AvgIpc) is 2.29. The Bertz CT molecular complexity index is 424. The van der Waals surface area contributed by atoms with Crippen LogP contribution in [0.15, 0.2) is 23.2 Å². The summed E-state index contributed by atoms with van der Waals surface area (Å²) in [6, 6.07) is 5.06. The molecule has 0 N–H and O–H groups in total. The van der Waals surface area contributed by atoms with Gasteiger partial charge < -0.3 is 4.74 Å². The van der Waals surface area contributed by atoms with Gasteiger partial charge in [0.25, 0.3) is 0 Å². The third kappa shape index (κ3) is 3.72. The molecule has 3 nitrogen and oxygen atoms in total. The number of esters is 1. The van der Waals surface area contributed by atoms with Crippen molar-refractivity contribution < 1.29 is 9.53 Å². The van der Waals surface area contributed by atoms with Gasteiger partial charge in [0.2, 0.25) is 0 Å². The summed E-state index contributed by atoms with van der Waals surface area (Å²) < 4.78 is 4.89. The highest BCUT2D eigenvalue weighted by Gasteiger charge is 2.12. The van der Waals surface area contributed by atoms with Gasteiger partial charge in [-0.05, 0) is 25.5 Å². The molecule has 0 saturated carbocycles. The molecule has 0 aliphatic rings. The number of rotatable bonds is 4. The number of nitrogens with zero attached hydrogens (tertiary/aromatic N) is 1. The molecular weight excluding hydrogens is 261 g/mol. The summed E-state index contributed by atoms with van der Waals surface area (Å²) in [6.45, 7) is 3.88. The van der Waals surface area contributed by atoms with Crippen molar-refractivity contribution in [1.29, 1.82) is 0 Å². The molecule has 0 spiro atoms. The maximum atomic E-state index is 11.6. The van der Waals surface area contributed by atoms with Crippen LogP contribution in [0.5, 0.6) is 0 Å². The first-order chi connectivity index (χ1) is 8.10. The largest absolute Gasteiger partial charge is 0.462 e. The third-order valence-corrected chi connectivity index (χ3v) is 2.64. The summed E-state index contributed by atoms with van der Waals surface area (Å²) in [4.78, 5) is 15.7. The minimum Gasteiger partial charge on any atom is -0.462 e. The van der Waals surface area contributed by atoms with Crippen molar-refractivity contribution in [2.45, 2.75) is 20.3 Å². The smallest absolute Gasteiger partial charge is 0.352 e. The number of ether oxygens (including phenoxy) is 1. The SMILES string of the molecule is CCOC(=O)C(CC)=Nc1c(Cl)cccc1Cl. The van der Waals surface area contributed by atoms with E-state index in [4.69, 9.17) is 27.9 Å². The van der Waals surface area contributed by atoms with Gasteiger partial charge in [0.1, 0.15) is 11.4 Å². The first-order valence-electron chi connectivity index (χ1n) is 5.28. The predicted molar refractivity (Wildman–Crippen MR) is 70.5 cm³/mol. The Kier molecular flexibility index (Phi) is 5.45. The van der Waals surface area contributed by atoms with E-state index in [2.05, 4.69) is 4.99 Å². The number of benzene rings is 1. The average molecular weight is 274 g/mol. The van der Waals surface area contributed by atoms with E-state index in [0.29, 0.717) is 34.5 Å². The molecule has 0 atom stereocenters. The van der Waals surface area contributed by atoms with Gasteiger partial charge >= 0.3 is 5.97 Å². The van der Waals surface area contributed by atoms with E-state index in [1.54, 1.807) is 25.1 Å². The van der Waals surface area contributed by atoms with Crippen molar-refractivity contribution in [2.24, 2.45) is 4.99 Å². The highest BCUT2D eigenvalue weighted by atomic mass is 35.5. The van der Waals surface area contributed by atoms with Crippen LogP contribution < -0.4 is 0 Å². The van der Waals surface area contributed by atoms with Gasteiger partial charge in [-0.1, -0.05) is 36.2 Å². The van der Waals surface area contributed by atoms with E-state index in [1.807, 2.05) is 6.92 Å². The standard InChI is InChI=1S/C12H13Cl2NO2/c1-3-10(12(16)17-4-2)15-11-8(13)6-5-7-9(11)14/h5-7H,3-4H2,1-2H3. The van der Waals surface area contributed by atoms with Crippen molar-refractivity contribution in [3.63, 3.8) is 0 Å². The first-order valence-corrected chi connectivity index (χ1v) is 6.04. The number of carbonyl (C=O) groups excluding carboxylic acids is 1. The Hall–Kier alpha value is -1.06. The van der Waals surface area contributed by atoms with E-state index in [0.717, 1.165) is 0 Å². The molecule has 0 heterocycles. The number of aliphatic imine (C=N–C) groups is 1. The number of hydrogen-bond acceptors (Lipinski definition) is 3. The van der Waals surface area contributed by atoms with Crippen LogP contribution in [0.25, 0.3) is 0 Å². The molecule has 0 fully saturated rings. The Morgan fingerprint density at radius 2 is 1.88 bits per heavy atom. The van der Waals surface area contributed by atoms with E-state index in [1.165, 1.54) is 0 Å². The molecule has 0 unspecified atom stereocenters. The summed E-state index contributed by atoms with van der Waals surface area (Å²) in [6.07, 6.45) is 0.459. The zero-order valence-corrected chi connectivity index (χ0v) is 11.2. The summed E-state index contributed by atoms with van der Waals surface area (Å²) in [5.41, 5.74) is 0.711. The second kappa shape index (κ2) is 6.62. The molecule has 17 heavy (non-hydrogen) atoms. The second-order valence-corrected chi connectivity index (χ2v) is 4.02. The minimum absolute atomic E-state index is 0.307. The molecule has 1 rings (SSSR count). The molecule has 0 saturated heterocycles. The van der Waals surface area contributed by atoms with Crippen molar-refractivity contribution in [3.05, 3.63) is 28.2 Å². The molecule has 0 radical (unpaired) electrons. The van der Waals surface area contributed by atoms with Crippen LogP contribution in [0.2, 0.25) is 10.0 Å². The molecule has 0 aliphatic heterocycles. The van der Waals surface area contributed by atoms with Crippen LogP contribution in [-0.4, -0.2) is 18.3 Å². The molecule has 92 valence electrons. The second-order valence-electron chi connectivity index (χ2n) is 3.20. The lowest BCUT2D eigenvalue weighted by molar-refractivity contribution is -0.135. The molecular formula is C12H13Cl2NO2. The van der Waals surface area contributed by atoms with Gasteiger partial charge in [0, 0.05) is 0 Å². The third-order valence-electron chi connectivity index (χ3n) is 2.03. The van der Waals surface area contributed by atoms with Crippen LogP contribution >= 0.6 is 23.2 Å². The van der Waals surface area contributed by atoms with Gasteiger partial charge in [-0.2, -0.15) is 0 Å². The molecule has 0 aromatic heterocycles. The fraction of sp³-hybridized carbons (Fsp3) is 0.333. The first kappa shape index (κ1) is 14.0. The number of para-hydroxylation sites is 1. The Balaban J connectivity index is 3.10. The quantitative estimate of drug-likeness (QED) is 0.614. The van der Waals surface area contributed by atoms with Gasteiger partial charge in [0.15, 0.2) is 0 Å². The number of carbonyl (C=O) groups is 1. The van der Waals surface area contributed by atoms with Gasteiger partial charge in [-0.3, -0.25) is 0 Å². The van der Waals surface area contributed by atoms with Crippen LogP contribution in [0.3, 0.4) is 0 Å². The zero-order valence-electron chi connectivity index (χ0n) is 9.67. The Morgan fingerprint density at radius 1 is 1.29 bits per heavy atom. The maximum absolute atomic E-state index is 11.6. The molecule has 1 aromatic rings. The summed E-state index contributed by atoms with van der Waals surface area (Å²) in [7, 11) is 0.